The normalized spacial score (nSPS) is 10.4. The molecule has 3 rings (SSSR count). The zero-order valence-corrected chi connectivity index (χ0v) is 13.7. The standard InChI is InChI=1S/C18H14BrN3/c1-22(12-13-6-3-2-4-7-13)18-17-14(10-20)8-5-9-15(17)16(19)11-21-18/h2-9,11H,12H2,1H3. The molecule has 4 heteroatoms. The Balaban J connectivity index is 2.11. The first-order valence-electron chi connectivity index (χ1n) is 6.93. The summed E-state index contributed by atoms with van der Waals surface area (Å²) in [5, 5.41) is 11.3. The van der Waals surface area contributed by atoms with E-state index in [2.05, 4.69) is 44.0 Å². The number of halogens is 1. The maximum absolute atomic E-state index is 9.41. The quantitative estimate of drug-likeness (QED) is 0.697. The minimum atomic E-state index is 0.640. The van der Waals surface area contributed by atoms with Crippen molar-refractivity contribution in [2.24, 2.45) is 0 Å². The molecule has 0 amide bonds. The maximum Gasteiger partial charge on any atom is 0.137 e. The van der Waals surface area contributed by atoms with E-state index in [-0.39, 0.29) is 0 Å². The Morgan fingerprint density at radius 2 is 1.91 bits per heavy atom. The molecule has 0 unspecified atom stereocenters. The summed E-state index contributed by atoms with van der Waals surface area (Å²) >= 11 is 3.52. The van der Waals surface area contributed by atoms with Gasteiger partial charge in [-0.15, -0.1) is 0 Å². The van der Waals surface area contributed by atoms with E-state index in [9.17, 15) is 5.26 Å². The van der Waals surface area contributed by atoms with E-state index < -0.39 is 0 Å². The third kappa shape index (κ3) is 2.68. The van der Waals surface area contributed by atoms with Gasteiger partial charge in [0.15, 0.2) is 0 Å². The highest BCUT2D eigenvalue weighted by molar-refractivity contribution is 9.10. The van der Waals surface area contributed by atoms with Crippen molar-refractivity contribution in [2.45, 2.75) is 6.54 Å². The van der Waals surface area contributed by atoms with Gasteiger partial charge in [-0.25, -0.2) is 4.98 Å². The maximum atomic E-state index is 9.41. The van der Waals surface area contributed by atoms with Gasteiger partial charge in [-0.2, -0.15) is 5.26 Å². The summed E-state index contributed by atoms with van der Waals surface area (Å²) in [4.78, 5) is 6.61. The van der Waals surface area contributed by atoms with Crippen molar-refractivity contribution in [2.75, 3.05) is 11.9 Å². The van der Waals surface area contributed by atoms with Crippen LogP contribution >= 0.6 is 15.9 Å². The molecule has 3 nitrogen and oxygen atoms in total. The number of anilines is 1. The van der Waals surface area contributed by atoms with Crippen LogP contribution in [0.25, 0.3) is 10.8 Å². The summed E-state index contributed by atoms with van der Waals surface area (Å²) in [6, 6.07) is 18.2. The average molecular weight is 352 g/mol. The Kier molecular flexibility index (Phi) is 4.08. The van der Waals surface area contributed by atoms with Crippen LogP contribution in [-0.4, -0.2) is 12.0 Å². The lowest BCUT2D eigenvalue weighted by molar-refractivity contribution is 0.904. The van der Waals surface area contributed by atoms with Gasteiger partial charge in [0.2, 0.25) is 0 Å². The zero-order valence-electron chi connectivity index (χ0n) is 12.1. The summed E-state index contributed by atoms with van der Waals surface area (Å²) in [5.74, 6) is 0.819. The molecule has 0 saturated carbocycles. The number of benzene rings is 2. The molecule has 108 valence electrons. The van der Waals surface area contributed by atoms with Crippen molar-refractivity contribution in [1.29, 1.82) is 5.26 Å². The molecule has 2 aromatic carbocycles. The first-order valence-corrected chi connectivity index (χ1v) is 7.72. The number of aromatic nitrogens is 1. The van der Waals surface area contributed by atoms with Gasteiger partial charge in [0.25, 0.3) is 0 Å². The Morgan fingerprint density at radius 1 is 1.14 bits per heavy atom. The summed E-state index contributed by atoms with van der Waals surface area (Å²) in [6.45, 7) is 0.740. The van der Waals surface area contributed by atoms with Crippen LogP contribution in [0.4, 0.5) is 5.82 Å². The van der Waals surface area contributed by atoms with Crippen LogP contribution in [0, 0.1) is 11.3 Å². The van der Waals surface area contributed by atoms with Crippen LogP contribution in [0.5, 0.6) is 0 Å². The first kappa shape index (κ1) is 14.6. The second-order valence-corrected chi connectivity index (χ2v) is 5.97. The molecule has 0 bridgehead atoms. The summed E-state index contributed by atoms with van der Waals surface area (Å²) in [5.41, 5.74) is 1.85. The second kappa shape index (κ2) is 6.17. The topological polar surface area (TPSA) is 39.9 Å². The molecule has 1 heterocycles. The minimum absolute atomic E-state index is 0.640. The van der Waals surface area contributed by atoms with E-state index in [0.29, 0.717) is 5.56 Å². The molecular weight excluding hydrogens is 338 g/mol. The minimum Gasteiger partial charge on any atom is -0.355 e. The summed E-state index contributed by atoms with van der Waals surface area (Å²) in [7, 11) is 2.00. The molecule has 0 radical (unpaired) electrons. The van der Waals surface area contributed by atoms with Gasteiger partial charge >= 0.3 is 0 Å². The van der Waals surface area contributed by atoms with Crippen LogP contribution in [-0.2, 0) is 6.54 Å². The molecule has 0 aliphatic rings. The monoisotopic (exact) mass is 351 g/mol. The van der Waals surface area contributed by atoms with E-state index in [0.717, 1.165) is 27.6 Å². The van der Waals surface area contributed by atoms with Gasteiger partial charge < -0.3 is 4.90 Å². The van der Waals surface area contributed by atoms with E-state index in [4.69, 9.17) is 0 Å². The van der Waals surface area contributed by atoms with Gasteiger partial charge in [-0.3, -0.25) is 0 Å². The Bertz CT molecular complexity index is 853. The third-order valence-corrected chi connectivity index (χ3v) is 4.22. The molecule has 3 aromatic rings. The molecule has 0 N–H and O–H groups in total. The van der Waals surface area contributed by atoms with E-state index in [1.807, 2.05) is 43.4 Å². The molecule has 22 heavy (non-hydrogen) atoms. The Morgan fingerprint density at radius 3 is 2.64 bits per heavy atom. The number of hydrogen-bond donors (Lipinski definition) is 0. The molecule has 0 spiro atoms. The fourth-order valence-electron chi connectivity index (χ4n) is 2.56. The Labute approximate surface area is 138 Å². The first-order chi connectivity index (χ1) is 10.7. The highest BCUT2D eigenvalue weighted by Gasteiger charge is 2.14. The van der Waals surface area contributed by atoms with E-state index >= 15 is 0 Å². The predicted octanol–water partition coefficient (Wildman–Crippen LogP) is 4.51. The lowest BCUT2D eigenvalue weighted by Crippen LogP contribution is -2.18. The molecule has 1 aromatic heterocycles. The van der Waals surface area contributed by atoms with Crippen molar-refractivity contribution in [1.82, 2.24) is 4.98 Å². The van der Waals surface area contributed by atoms with Crippen LogP contribution in [0.1, 0.15) is 11.1 Å². The predicted molar refractivity (Wildman–Crippen MR) is 92.7 cm³/mol. The fourth-order valence-corrected chi connectivity index (χ4v) is 2.99. The molecule has 0 atom stereocenters. The highest BCUT2D eigenvalue weighted by Crippen LogP contribution is 2.32. The van der Waals surface area contributed by atoms with Gasteiger partial charge in [0.05, 0.1) is 11.6 Å². The summed E-state index contributed by atoms with van der Waals surface area (Å²) < 4.78 is 0.900. The van der Waals surface area contributed by atoms with Crippen LogP contribution < -0.4 is 4.90 Å². The van der Waals surface area contributed by atoms with Crippen molar-refractivity contribution in [3.8, 4) is 6.07 Å². The van der Waals surface area contributed by atoms with Crippen LogP contribution in [0.3, 0.4) is 0 Å². The largest absolute Gasteiger partial charge is 0.355 e. The lowest BCUT2D eigenvalue weighted by atomic mass is 10.1. The van der Waals surface area contributed by atoms with Gasteiger partial charge in [0.1, 0.15) is 5.82 Å². The smallest absolute Gasteiger partial charge is 0.137 e. The van der Waals surface area contributed by atoms with E-state index in [1.165, 1.54) is 5.56 Å². The van der Waals surface area contributed by atoms with Crippen molar-refractivity contribution < 1.29 is 0 Å². The number of fused-ring (bicyclic) bond motifs is 1. The Hall–Kier alpha value is -2.38. The lowest BCUT2D eigenvalue weighted by Gasteiger charge is -2.21. The second-order valence-electron chi connectivity index (χ2n) is 5.11. The fraction of sp³-hybridized carbons (Fsp3) is 0.111. The number of nitriles is 1. The van der Waals surface area contributed by atoms with Gasteiger partial charge in [-0.1, -0.05) is 42.5 Å². The van der Waals surface area contributed by atoms with Crippen molar-refractivity contribution in [3.05, 3.63) is 70.3 Å². The van der Waals surface area contributed by atoms with Gasteiger partial charge in [-0.05, 0) is 27.6 Å². The van der Waals surface area contributed by atoms with Gasteiger partial charge in [0, 0.05) is 35.0 Å². The molecular formula is C18H14BrN3. The molecule has 0 fully saturated rings. The number of pyridine rings is 1. The van der Waals surface area contributed by atoms with Crippen molar-refractivity contribution in [3.63, 3.8) is 0 Å². The molecule has 0 saturated heterocycles. The van der Waals surface area contributed by atoms with E-state index in [1.54, 1.807) is 6.20 Å². The summed E-state index contributed by atoms with van der Waals surface area (Å²) in [6.07, 6.45) is 1.79. The van der Waals surface area contributed by atoms with Crippen LogP contribution in [0.2, 0.25) is 0 Å². The number of hydrogen-bond acceptors (Lipinski definition) is 3. The molecule has 0 aliphatic heterocycles. The molecule has 0 aliphatic carbocycles. The number of rotatable bonds is 3. The number of nitrogens with zero attached hydrogens (tertiary/aromatic N) is 3. The highest BCUT2D eigenvalue weighted by atomic mass is 79.9. The van der Waals surface area contributed by atoms with Crippen LogP contribution in [0.15, 0.2) is 59.2 Å². The SMILES string of the molecule is CN(Cc1ccccc1)c1ncc(Br)c2cccc(C#N)c12. The zero-order chi connectivity index (χ0) is 15.5. The average Bonchev–Trinajstić information content (AvgIpc) is 2.55. The third-order valence-electron chi connectivity index (χ3n) is 3.59. The van der Waals surface area contributed by atoms with Crippen molar-refractivity contribution >= 4 is 32.5 Å².